The van der Waals surface area contributed by atoms with Crippen LogP contribution >= 0.6 is 23.7 Å². The van der Waals surface area contributed by atoms with Gasteiger partial charge in [0, 0.05) is 28.1 Å². The maximum Gasteiger partial charge on any atom is 0.0693 e. The lowest BCUT2D eigenvalue weighted by Gasteiger charge is -2.29. The van der Waals surface area contributed by atoms with Crippen LogP contribution in [0.4, 0.5) is 11.4 Å². The number of benzene rings is 2. The Balaban J connectivity index is 0.000000640. The number of likely N-dealkylation sites (N-methyl/N-ethyl adjacent to an activating group) is 1. The van der Waals surface area contributed by atoms with Gasteiger partial charge in [-0.3, -0.25) is 0 Å². The average Bonchev–Trinajstić information content (AvgIpc) is 2.88. The van der Waals surface area contributed by atoms with Crippen molar-refractivity contribution >= 4 is 35.1 Å². The molecule has 1 aliphatic heterocycles. The number of aliphatic hydroxyl groups excluding tert-OH is 1. The summed E-state index contributed by atoms with van der Waals surface area (Å²) in [6, 6.07) is 15.4. The monoisotopic (exact) mass is 418 g/mol. The molecule has 0 saturated heterocycles. The second kappa shape index (κ2) is 11.8. The van der Waals surface area contributed by atoms with Crippen LogP contribution in [0.2, 0.25) is 0 Å². The summed E-state index contributed by atoms with van der Waals surface area (Å²) in [6.45, 7) is 7.65. The lowest BCUT2D eigenvalue weighted by atomic mass is 10.1. The van der Waals surface area contributed by atoms with Crippen molar-refractivity contribution in [1.29, 1.82) is 0 Å². The molecule has 154 valence electrons. The van der Waals surface area contributed by atoms with E-state index in [-0.39, 0.29) is 6.61 Å². The Labute approximate surface area is 179 Å². The number of hydrogen-bond donors (Lipinski definition) is 1. The van der Waals surface area contributed by atoms with Crippen molar-refractivity contribution in [2.45, 2.75) is 62.5 Å². The molecular formula is C23H34N2OS2. The second-order valence-electron chi connectivity index (χ2n) is 6.94. The molecule has 0 amide bonds. The Bertz CT molecular complexity index is 722. The zero-order valence-electron chi connectivity index (χ0n) is 17.8. The van der Waals surface area contributed by atoms with E-state index in [0.29, 0.717) is 6.04 Å². The summed E-state index contributed by atoms with van der Waals surface area (Å²) < 4.78 is 2.35. The van der Waals surface area contributed by atoms with Gasteiger partial charge >= 0.3 is 0 Å². The lowest BCUT2D eigenvalue weighted by Crippen LogP contribution is -2.34. The van der Waals surface area contributed by atoms with Crippen LogP contribution in [0, 0.1) is 0 Å². The highest BCUT2D eigenvalue weighted by molar-refractivity contribution is 7.98. The highest BCUT2D eigenvalue weighted by Gasteiger charge is 2.27. The Morgan fingerprint density at radius 1 is 1.11 bits per heavy atom. The van der Waals surface area contributed by atoms with Crippen LogP contribution in [0.15, 0.2) is 52.3 Å². The van der Waals surface area contributed by atoms with E-state index in [2.05, 4.69) is 85.7 Å². The van der Waals surface area contributed by atoms with Gasteiger partial charge < -0.3 is 10.0 Å². The predicted molar refractivity (Wildman–Crippen MR) is 126 cm³/mol. The predicted octanol–water partition coefficient (Wildman–Crippen LogP) is 6.58. The smallest absolute Gasteiger partial charge is 0.0693 e. The van der Waals surface area contributed by atoms with E-state index in [0.717, 1.165) is 23.4 Å². The van der Waals surface area contributed by atoms with Crippen molar-refractivity contribution in [3.63, 3.8) is 0 Å². The number of nitrogens with zero attached hydrogens (tertiary/aromatic N) is 2. The Kier molecular flexibility index (Phi) is 9.72. The van der Waals surface area contributed by atoms with Crippen molar-refractivity contribution in [3.05, 3.63) is 48.0 Å². The molecule has 1 heterocycles. The van der Waals surface area contributed by atoms with Crippen LogP contribution in [0.5, 0.6) is 0 Å². The van der Waals surface area contributed by atoms with E-state index in [1.54, 1.807) is 23.7 Å². The summed E-state index contributed by atoms with van der Waals surface area (Å²) in [6.07, 6.45) is 5.81. The quantitative estimate of drug-likeness (QED) is 0.437. The Morgan fingerprint density at radius 2 is 1.79 bits per heavy atom. The van der Waals surface area contributed by atoms with Gasteiger partial charge in [0.05, 0.1) is 12.3 Å². The first-order valence-corrected chi connectivity index (χ1v) is 12.1. The molecule has 1 atom stereocenters. The van der Waals surface area contributed by atoms with Gasteiger partial charge in [-0.1, -0.05) is 51.8 Å². The summed E-state index contributed by atoms with van der Waals surface area (Å²) in [5.74, 6) is 0. The highest BCUT2D eigenvalue weighted by atomic mass is 32.2. The first-order valence-electron chi connectivity index (χ1n) is 10.1. The molecule has 0 saturated carbocycles. The van der Waals surface area contributed by atoms with Crippen molar-refractivity contribution in [3.8, 4) is 0 Å². The molecule has 0 spiro atoms. The normalized spacial score (nSPS) is 16.8. The molecule has 28 heavy (non-hydrogen) atoms. The maximum absolute atomic E-state index is 9.72. The van der Waals surface area contributed by atoms with E-state index in [4.69, 9.17) is 0 Å². The van der Waals surface area contributed by atoms with E-state index in [1.165, 1.54) is 29.1 Å². The topological polar surface area (TPSA) is 26.7 Å². The fourth-order valence-corrected chi connectivity index (χ4v) is 4.83. The van der Waals surface area contributed by atoms with Crippen molar-refractivity contribution in [1.82, 2.24) is 4.31 Å². The molecule has 0 aliphatic carbocycles. The summed E-state index contributed by atoms with van der Waals surface area (Å²) in [5.41, 5.74) is 3.46. The van der Waals surface area contributed by atoms with Gasteiger partial charge in [-0.15, -0.1) is 11.8 Å². The zero-order valence-corrected chi connectivity index (χ0v) is 19.4. The van der Waals surface area contributed by atoms with E-state index >= 15 is 0 Å². The summed E-state index contributed by atoms with van der Waals surface area (Å²) in [4.78, 5) is 4.77. The number of rotatable bonds is 5. The molecule has 1 unspecified atom stereocenters. The molecule has 1 N–H and O–H groups in total. The molecule has 2 aromatic carbocycles. The van der Waals surface area contributed by atoms with Gasteiger partial charge in [0.15, 0.2) is 0 Å². The number of anilines is 2. The molecule has 3 nitrogen and oxygen atoms in total. The van der Waals surface area contributed by atoms with Gasteiger partial charge in [0.25, 0.3) is 0 Å². The lowest BCUT2D eigenvalue weighted by molar-refractivity contribution is 0.278. The minimum atomic E-state index is 0.0796. The van der Waals surface area contributed by atoms with Gasteiger partial charge in [-0.25, -0.2) is 4.31 Å². The SMILES string of the molecule is CCC1CN(c2ccccc2)c2cc(SC)c(CO)cc2SN1C.CCCC. The average molecular weight is 419 g/mol. The highest BCUT2D eigenvalue weighted by Crippen LogP contribution is 2.43. The fraction of sp³-hybridized carbons (Fsp3) is 0.478. The Hall–Kier alpha value is -1.14. The van der Waals surface area contributed by atoms with Crippen LogP contribution in [0.25, 0.3) is 0 Å². The number of thioether (sulfide) groups is 1. The van der Waals surface area contributed by atoms with Crippen LogP contribution in [0.1, 0.15) is 45.6 Å². The van der Waals surface area contributed by atoms with E-state index < -0.39 is 0 Å². The minimum absolute atomic E-state index is 0.0796. The number of fused-ring (bicyclic) bond motifs is 1. The van der Waals surface area contributed by atoms with Crippen LogP contribution in [-0.2, 0) is 6.61 Å². The van der Waals surface area contributed by atoms with E-state index in [9.17, 15) is 5.11 Å². The third-order valence-electron chi connectivity index (χ3n) is 5.01. The summed E-state index contributed by atoms with van der Waals surface area (Å²) in [5, 5.41) is 9.72. The minimum Gasteiger partial charge on any atom is -0.392 e. The molecule has 0 bridgehead atoms. The van der Waals surface area contributed by atoms with Crippen LogP contribution in [-0.4, -0.2) is 35.3 Å². The second-order valence-corrected chi connectivity index (χ2v) is 8.98. The largest absolute Gasteiger partial charge is 0.392 e. The zero-order chi connectivity index (χ0) is 20.5. The summed E-state index contributed by atoms with van der Waals surface area (Å²) in [7, 11) is 2.16. The third-order valence-corrected chi connectivity index (χ3v) is 6.94. The molecule has 1 aliphatic rings. The molecule has 5 heteroatoms. The molecule has 0 radical (unpaired) electrons. The summed E-state index contributed by atoms with van der Waals surface area (Å²) >= 11 is 3.48. The molecule has 3 rings (SSSR count). The maximum atomic E-state index is 9.72. The molecule has 0 fully saturated rings. The first-order chi connectivity index (χ1) is 13.6. The van der Waals surface area contributed by atoms with Crippen molar-refractivity contribution in [2.24, 2.45) is 0 Å². The van der Waals surface area contributed by atoms with Crippen molar-refractivity contribution in [2.75, 3.05) is 24.7 Å². The third kappa shape index (κ3) is 5.69. The van der Waals surface area contributed by atoms with Gasteiger partial charge in [-0.2, -0.15) is 0 Å². The van der Waals surface area contributed by atoms with Gasteiger partial charge in [-0.05, 0) is 61.5 Å². The van der Waals surface area contributed by atoms with Crippen LogP contribution in [0.3, 0.4) is 0 Å². The number of aliphatic hydroxyl groups is 1. The number of para-hydroxylation sites is 1. The van der Waals surface area contributed by atoms with Crippen molar-refractivity contribution < 1.29 is 5.11 Å². The van der Waals surface area contributed by atoms with Gasteiger partial charge in [0.1, 0.15) is 0 Å². The number of unbranched alkanes of at least 4 members (excludes halogenated alkanes) is 1. The first kappa shape index (κ1) is 23.1. The molecule has 0 aromatic heterocycles. The van der Waals surface area contributed by atoms with Gasteiger partial charge in [0.2, 0.25) is 0 Å². The fourth-order valence-electron chi connectivity index (χ4n) is 3.08. The standard InChI is InChI=1S/C19H24N2OS2.C4H10/c1-4-15-12-21(16-8-6-5-7-9-16)17-11-18(23-3)14(13-22)10-19(17)24-20(15)2;1-3-4-2/h5-11,15,22H,4,12-13H2,1-3H3;3-4H2,1-2H3. The Morgan fingerprint density at radius 3 is 2.32 bits per heavy atom. The molecule has 2 aromatic rings. The van der Waals surface area contributed by atoms with Crippen LogP contribution < -0.4 is 4.90 Å². The van der Waals surface area contributed by atoms with E-state index in [1.807, 2.05) is 0 Å². The number of hydrogen-bond acceptors (Lipinski definition) is 5. The molecular weight excluding hydrogens is 384 g/mol.